The lowest BCUT2D eigenvalue weighted by Crippen LogP contribution is -2.07. The highest BCUT2D eigenvalue weighted by molar-refractivity contribution is 5.89. The minimum atomic E-state index is 0.181. The standard InChI is InChI=1S/C22H19N5O2/c1-27(2)14-8-6-13(7-9-14)17-11-10-16-20(23)25-21(26-22(16)24-17)15-4-3-5-18-19(15)29-12-28-18/h3-11H,12H2,1-2H3,(H2,23,24,25,26). The Bertz CT molecular complexity index is 1220. The third kappa shape index (κ3) is 2.97. The van der Waals surface area contributed by atoms with E-state index in [2.05, 4.69) is 27.0 Å². The van der Waals surface area contributed by atoms with Crippen molar-refractivity contribution in [2.24, 2.45) is 0 Å². The van der Waals surface area contributed by atoms with Crippen molar-refractivity contribution in [3.8, 4) is 34.1 Å². The van der Waals surface area contributed by atoms with Crippen LogP contribution in [0.25, 0.3) is 33.7 Å². The van der Waals surface area contributed by atoms with Gasteiger partial charge in [-0.05, 0) is 36.4 Å². The molecular formula is C22H19N5O2. The maximum atomic E-state index is 6.21. The van der Waals surface area contributed by atoms with Crippen molar-refractivity contribution in [2.45, 2.75) is 0 Å². The predicted molar refractivity (Wildman–Crippen MR) is 113 cm³/mol. The Balaban J connectivity index is 1.62. The first kappa shape index (κ1) is 17.2. The molecule has 7 nitrogen and oxygen atoms in total. The molecule has 144 valence electrons. The van der Waals surface area contributed by atoms with Gasteiger partial charge in [0.2, 0.25) is 6.79 Å². The molecule has 2 N–H and O–H groups in total. The molecule has 0 atom stereocenters. The highest BCUT2D eigenvalue weighted by atomic mass is 16.7. The highest BCUT2D eigenvalue weighted by Gasteiger charge is 2.21. The van der Waals surface area contributed by atoms with Gasteiger partial charge in [0.25, 0.3) is 0 Å². The minimum Gasteiger partial charge on any atom is -0.454 e. The number of rotatable bonds is 3. The van der Waals surface area contributed by atoms with Crippen molar-refractivity contribution in [1.29, 1.82) is 0 Å². The summed E-state index contributed by atoms with van der Waals surface area (Å²) in [5.41, 5.74) is 10.4. The fraction of sp³-hybridized carbons (Fsp3) is 0.136. The molecule has 2 aromatic carbocycles. The summed E-state index contributed by atoms with van der Waals surface area (Å²) in [4.78, 5) is 15.9. The summed E-state index contributed by atoms with van der Waals surface area (Å²) in [5.74, 6) is 2.14. The van der Waals surface area contributed by atoms with Crippen LogP contribution in [0, 0.1) is 0 Å². The molecule has 7 heteroatoms. The Morgan fingerprint density at radius 3 is 2.52 bits per heavy atom. The second-order valence-electron chi connectivity index (χ2n) is 6.98. The number of nitrogen functional groups attached to an aromatic ring is 1. The maximum Gasteiger partial charge on any atom is 0.231 e. The Labute approximate surface area is 167 Å². The first-order chi connectivity index (χ1) is 14.1. The van der Waals surface area contributed by atoms with Gasteiger partial charge in [0.15, 0.2) is 23.0 Å². The molecule has 0 spiro atoms. The van der Waals surface area contributed by atoms with E-state index in [-0.39, 0.29) is 6.79 Å². The van der Waals surface area contributed by atoms with Crippen molar-refractivity contribution in [3.05, 3.63) is 54.6 Å². The maximum absolute atomic E-state index is 6.21. The van der Waals surface area contributed by atoms with Crippen LogP contribution in [-0.4, -0.2) is 35.8 Å². The van der Waals surface area contributed by atoms with Gasteiger partial charge in [-0.25, -0.2) is 15.0 Å². The summed E-state index contributed by atoms with van der Waals surface area (Å²) < 4.78 is 11.0. The monoisotopic (exact) mass is 385 g/mol. The molecule has 0 bridgehead atoms. The Morgan fingerprint density at radius 2 is 1.72 bits per heavy atom. The Hall–Kier alpha value is -3.87. The average molecular weight is 385 g/mol. The average Bonchev–Trinajstić information content (AvgIpc) is 3.22. The van der Waals surface area contributed by atoms with Gasteiger partial charge in [0.1, 0.15) is 5.82 Å². The van der Waals surface area contributed by atoms with Crippen LogP contribution in [0.4, 0.5) is 11.5 Å². The number of hydrogen-bond acceptors (Lipinski definition) is 7. The van der Waals surface area contributed by atoms with Crippen LogP contribution >= 0.6 is 0 Å². The molecule has 3 heterocycles. The second-order valence-corrected chi connectivity index (χ2v) is 6.98. The van der Waals surface area contributed by atoms with Gasteiger partial charge in [0, 0.05) is 25.3 Å². The van der Waals surface area contributed by atoms with E-state index in [0.717, 1.165) is 22.5 Å². The summed E-state index contributed by atoms with van der Waals surface area (Å²) in [6, 6.07) is 17.7. The number of aromatic nitrogens is 3. The van der Waals surface area contributed by atoms with Gasteiger partial charge in [-0.2, -0.15) is 0 Å². The van der Waals surface area contributed by atoms with E-state index in [1.54, 1.807) is 0 Å². The van der Waals surface area contributed by atoms with Gasteiger partial charge < -0.3 is 20.1 Å². The number of ether oxygens (including phenoxy) is 2. The zero-order valence-electron chi connectivity index (χ0n) is 16.1. The van der Waals surface area contributed by atoms with Crippen molar-refractivity contribution < 1.29 is 9.47 Å². The SMILES string of the molecule is CN(C)c1ccc(-c2ccc3c(N)nc(-c4cccc5c4OCO5)nc3n2)cc1. The lowest BCUT2D eigenvalue weighted by Gasteiger charge is -2.13. The number of fused-ring (bicyclic) bond motifs is 2. The third-order valence-electron chi connectivity index (χ3n) is 4.91. The van der Waals surface area contributed by atoms with Crippen molar-refractivity contribution in [1.82, 2.24) is 15.0 Å². The number of anilines is 2. The Kier molecular flexibility index (Phi) is 3.94. The zero-order chi connectivity index (χ0) is 20.0. The minimum absolute atomic E-state index is 0.181. The third-order valence-corrected chi connectivity index (χ3v) is 4.91. The molecule has 4 aromatic rings. The molecular weight excluding hydrogens is 366 g/mol. The van der Waals surface area contributed by atoms with Gasteiger partial charge in [-0.15, -0.1) is 0 Å². The number of nitrogens with zero attached hydrogens (tertiary/aromatic N) is 4. The molecule has 29 heavy (non-hydrogen) atoms. The molecule has 1 aliphatic heterocycles. The molecule has 0 saturated carbocycles. The molecule has 0 unspecified atom stereocenters. The van der Waals surface area contributed by atoms with Crippen LogP contribution in [0.3, 0.4) is 0 Å². The van der Waals surface area contributed by atoms with E-state index >= 15 is 0 Å². The fourth-order valence-corrected chi connectivity index (χ4v) is 3.35. The van der Waals surface area contributed by atoms with E-state index < -0.39 is 0 Å². The Morgan fingerprint density at radius 1 is 0.897 bits per heavy atom. The fourth-order valence-electron chi connectivity index (χ4n) is 3.35. The van der Waals surface area contributed by atoms with Crippen LogP contribution < -0.4 is 20.1 Å². The first-order valence-corrected chi connectivity index (χ1v) is 9.21. The molecule has 2 aromatic heterocycles. The zero-order valence-corrected chi connectivity index (χ0v) is 16.1. The molecule has 0 radical (unpaired) electrons. The summed E-state index contributed by atoms with van der Waals surface area (Å²) in [6.45, 7) is 0.181. The quantitative estimate of drug-likeness (QED) is 0.575. The molecule has 0 fully saturated rings. The number of nitrogens with two attached hydrogens (primary N) is 1. The van der Waals surface area contributed by atoms with Crippen LogP contribution in [0.1, 0.15) is 0 Å². The van der Waals surface area contributed by atoms with E-state index in [0.29, 0.717) is 34.2 Å². The summed E-state index contributed by atoms with van der Waals surface area (Å²) in [5, 5.41) is 0.715. The summed E-state index contributed by atoms with van der Waals surface area (Å²) >= 11 is 0. The molecule has 0 amide bonds. The van der Waals surface area contributed by atoms with Gasteiger partial charge in [0.05, 0.1) is 16.6 Å². The summed E-state index contributed by atoms with van der Waals surface area (Å²) in [7, 11) is 4.03. The van der Waals surface area contributed by atoms with E-state index in [1.165, 1.54) is 0 Å². The van der Waals surface area contributed by atoms with Crippen molar-refractivity contribution in [2.75, 3.05) is 31.5 Å². The van der Waals surface area contributed by atoms with Crippen LogP contribution in [0.5, 0.6) is 11.5 Å². The second kappa shape index (κ2) is 6.63. The topological polar surface area (TPSA) is 86.4 Å². The van der Waals surface area contributed by atoms with Gasteiger partial charge in [-0.3, -0.25) is 0 Å². The van der Waals surface area contributed by atoms with E-state index in [9.17, 15) is 0 Å². The number of hydrogen-bond donors (Lipinski definition) is 1. The van der Waals surface area contributed by atoms with Gasteiger partial charge >= 0.3 is 0 Å². The predicted octanol–water partition coefficient (Wildman–Crippen LogP) is 3.74. The van der Waals surface area contributed by atoms with Crippen LogP contribution in [0.15, 0.2) is 54.6 Å². The lowest BCUT2D eigenvalue weighted by atomic mass is 10.1. The summed E-state index contributed by atoms with van der Waals surface area (Å²) in [6.07, 6.45) is 0. The number of benzene rings is 2. The number of para-hydroxylation sites is 1. The van der Waals surface area contributed by atoms with E-state index in [4.69, 9.17) is 20.2 Å². The van der Waals surface area contributed by atoms with Crippen molar-refractivity contribution in [3.63, 3.8) is 0 Å². The molecule has 1 aliphatic rings. The van der Waals surface area contributed by atoms with E-state index in [1.807, 2.05) is 56.6 Å². The van der Waals surface area contributed by atoms with Crippen LogP contribution in [0.2, 0.25) is 0 Å². The number of pyridine rings is 1. The largest absolute Gasteiger partial charge is 0.454 e. The van der Waals surface area contributed by atoms with Crippen LogP contribution in [-0.2, 0) is 0 Å². The normalized spacial score (nSPS) is 12.3. The van der Waals surface area contributed by atoms with Gasteiger partial charge in [-0.1, -0.05) is 18.2 Å². The highest BCUT2D eigenvalue weighted by Crippen LogP contribution is 2.40. The molecule has 0 saturated heterocycles. The van der Waals surface area contributed by atoms with Crippen molar-refractivity contribution >= 4 is 22.5 Å². The lowest BCUT2D eigenvalue weighted by molar-refractivity contribution is 0.174. The molecule has 0 aliphatic carbocycles. The first-order valence-electron chi connectivity index (χ1n) is 9.21. The smallest absolute Gasteiger partial charge is 0.231 e. The molecule has 5 rings (SSSR count).